The third-order valence-corrected chi connectivity index (χ3v) is 3.46. The van der Waals surface area contributed by atoms with E-state index in [0.717, 1.165) is 4.31 Å². The fraction of sp³-hybridized carbons (Fsp3) is 0.375. The van der Waals surface area contributed by atoms with Gasteiger partial charge in [0.1, 0.15) is 0 Å². The molecule has 0 amide bonds. The molecular formula is C8H11NO5S. The summed E-state index contributed by atoms with van der Waals surface area (Å²) in [6.45, 7) is 0.103. The van der Waals surface area contributed by atoms with Crippen molar-refractivity contribution in [1.82, 2.24) is 4.31 Å². The van der Waals surface area contributed by atoms with Gasteiger partial charge in [-0.1, -0.05) is 0 Å². The molecule has 0 bridgehead atoms. The number of aliphatic carboxylic acids is 1. The summed E-state index contributed by atoms with van der Waals surface area (Å²) in [5, 5.41) is 8.40. The first-order valence-corrected chi connectivity index (χ1v) is 5.69. The molecule has 0 aliphatic rings. The highest BCUT2D eigenvalue weighted by atomic mass is 32.2. The maximum absolute atomic E-state index is 11.4. The standard InChI is InChI=1S/C8H11NO5S/c1-9(4-7-2-3-14-5-7)15(12,13)6-8(10)11/h2-3,5H,4,6H2,1H3,(H,10,11). The van der Waals surface area contributed by atoms with Gasteiger partial charge in [-0.15, -0.1) is 0 Å². The molecule has 0 radical (unpaired) electrons. The Kier molecular flexibility index (Phi) is 3.48. The number of sulfonamides is 1. The van der Waals surface area contributed by atoms with Crippen LogP contribution >= 0.6 is 0 Å². The molecule has 0 atom stereocenters. The summed E-state index contributed by atoms with van der Waals surface area (Å²) in [7, 11) is -2.42. The lowest BCUT2D eigenvalue weighted by Gasteiger charge is -2.14. The maximum atomic E-state index is 11.4. The Morgan fingerprint density at radius 3 is 2.73 bits per heavy atom. The van der Waals surface area contributed by atoms with Crippen LogP contribution < -0.4 is 0 Å². The minimum atomic E-state index is -3.74. The van der Waals surface area contributed by atoms with Crippen LogP contribution in [0.5, 0.6) is 0 Å². The second kappa shape index (κ2) is 4.45. The minimum Gasteiger partial charge on any atom is -0.480 e. The van der Waals surface area contributed by atoms with Crippen molar-refractivity contribution in [2.75, 3.05) is 12.8 Å². The molecule has 0 aliphatic heterocycles. The Labute approximate surface area is 87.2 Å². The molecule has 0 spiro atoms. The Hall–Kier alpha value is -1.34. The van der Waals surface area contributed by atoms with Crippen LogP contribution in [0.15, 0.2) is 23.0 Å². The van der Waals surface area contributed by atoms with Crippen LogP contribution in [0.25, 0.3) is 0 Å². The van der Waals surface area contributed by atoms with E-state index in [0.29, 0.717) is 5.56 Å². The first-order chi connectivity index (χ1) is 6.92. The zero-order valence-electron chi connectivity index (χ0n) is 8.08. The van der Waals surface area contributed by atoms with Gasteiger partial charge in [0.15, 0.2) is 5.75 Å². The molecule has 1 N–H and O–H groups in total. The van der Waals surface area contributed by atoms with Crippen molar-refractivity contribution in [3.05, 3.63) is 24.2 Å². The summed E-state index contributed by atoms with van der Waals surface area (Å²) in [5.74, 6) is -2.27. The van der Waals surface area contributed by atoms with Crippen LogP contribution in [0, 0.1) is 0 Å². The molecule has 7 heteroatoms. The van der Waals surface area contributed by atoms with Gasteiger partial charge in [0, 0.05) is 19.2 Å². The quantitative estimate of drug-likeness (QED) is 0.780. The van der Waals surface area contributed by atoms with Crippen molar-refractivity contribution in [3.8, 4) is 0 Å². The smallest absolute Gasteiger partial charge is 0.320 e. The maximum Gasteiger partial charge on any atom is 0.320 e. The Morgan fingerprint density at radius 2 is 2.27 bits per heavy atom. The minimum absolute atomic E-state index is 0.103. The number of nitrogens with zero attached hydrogens (tertiary/aromatic N) is 1. The number of carbonyl (C=O) groups is 1. The van der Waals surface area contributed by atoms with Crippen LogP contribution in [-0.4, -0.2) is 36.6 Å². The van der Waals surface area contributed by atoms with Crippen molar-refractivity contribution < 1.29 is 22.7 Å². The van der Waals surface area contributed by atoms with Crippen LogP contribution in [-0.2, 0) is 21.4 Å². The lowest BCUT2D eigenvalue weighted by Crippen LogP contribution is -2.31. The predicted molar refractivity (Wildman–Crippen MR) is 51.6 cm³/mol. The van der Waals surface area contributed by atoms with Crippen molar-refractivity contribution in [3.63, 3.8) is 0 Å². The number of hydrogen-bond donors (Lipinski definition) is 1. The molecule has 0 aromatic carbocycles. The largest absolute Gasteiger partial charge is 0.480 e. The van der Waals surface area contributed by atoms with Gasteiger partial charge >= 0.3 is 5.97 Å². The van der Waals surface area contributed by atoms with Crippen LogP contribution in [0.1, 0.15) is 5.56 Å². The molecule has 0 saturated carbocycles. The average molecular weight is 233 g/mol. The number of carboxylic acid groups (broad SMARTS) is 1. The van der Waals surface area contributed by atoms with Crippen LogP contribution in [0.2, 0.25) is 0 Å². The van der Waals surface area contributed by atoms with Gasteiger partial charge < -0.3 is 9.52 Å². The average Bonchev–Trinajstić information content (AvgIpc) is 2.54. The molecule has 1 rings (SSSR count). The number of hydrogen-bond acceptors (Lipinski definition) is 4. The SMILES string of the molecule is CN(Cc1ccoc1)S(=O)(=O)CC(=O)O. The predicted octanol–water partition coefficient (Wildman–Crippen LogP) is 0.126. The zero-order chi connectivity index (χ0) is 11.5. The van der Waals surface area contributed by atoms with E-state index in [1.807, 2.05) is 0 Å². The highest BCUT2D eigenvalue weighted by Gasteiger charge is 2.21. The second-order valence-corrected chi connectivity index (χ2v) is 5.11. The van der Waals surface area contributed by atoms with Gasteiger partial charge in [-0.25, -0.2) is 8.42 Å². The van der Waals surface area contributed by atoms with E-state index in [1.54, 1.807) is 6.07 Å². The highest BCUT2D eigenvalue weighted by molar-refractivity contribution is 7.89. The molecule has 84 valence electrons. The molecule has 1 aromatic heterocycles. The van der Waals surface area contributed by atoms with E-state index in [1.165, 1.54) is 19.6 Å². The van der Waals surface area contributed by atoms with Gasteiger partial charge in [0.05, 0.1) is 12.5 Å². The molecule has 6 nitrogen and oxygen atoms in total. The van der Waals surface area contributed by atoms with E-state index in [4.69, 9.17) is 9.52 Å². The van der Waals surface area contributed by atoms with Gasteiger partial charge in [-0.2, -0.15) is 4.31 Å². The topological polar surface area (TPSA) is 87.8 Å². The van der Waals surface area contributed by atoms with E-state index in [2.05, 4.69) is 0 Å². The summed E-state index contributed by atoms with van der Waals surface area (Å²) in [6.07, 6.45) is 2.83. The molecule has 0 fully saturated rings. The summed E-state index contributed by atoms with van der Waals surface area (Å²) < 4.78 is 28.5. The van der Waals surface area contributed by atoms with Gasteiger partial charge in [-0.3, -0.25) is 4.79 Å². The van der Waals surface area contributed by atoms with E-state index in [9.17, 15) is 13.2 Å². The number of carboxylic acids is 1. The number of furan rings is 1. The highest BCUT2D eigenvalue weighted by Crippen LogP contribution is 2.07. The lowest BCUT2D eigenvalue weighted by molar-refractivity contribution is -0.134. The van der Waals surface area contributed by atoms with Crippen LogP contribution in [0.4, 0.5) is 0 Å². The fourth-order valence-corrected chi connectivity index (χ4v) is 1.88. The van der Waals surface area contributed by atoms with E-state index < -0.39 is 21.7 Å². The molecular weight excluding hydrogens is 222 g/mol. The van der Waals surface area contributed by atoms with Crippen LogP contribution in [0.3, 0.4) is 0 Å². The summed E-state index contributed by atoms with van der Waals surface area (Å²) in [6, 6.07) is 1.62. The summed E-state index contributed by atoms with van der Waals surface area (Å²) in [5.41, 5.74) is 0.673. The Morgan fingerprint density at radius 1 is 1.60 bits per heavy atom. The van der Waals surface area contributed by atoms with E-state index >= 15 is 0 Å². The van der Waals surface area contributed by atoms with Crippen molar-refractivity contribution >= 4 is 16.0 Å². The molecule has 15 heavy (non-hydrogen) atoms. The van der Waals surface area contributed by atoms with Crippen molar-refractivity contribution in [1.29, 1.82) is 0 Å². The van der Waals surface area contributed by atoms with Gasteiger partial charge in [0.2, 0.25) is 10.0 Å². The van der Waals surface area contributed by atoms with Gasteiger partial charge in [0.25, 0.3) is 0 Å². The lowest BCUT2D eigenvalue weighted by atomic mass is 10.3. The number of rotatable bonds is 5. The Bertz CT molecular complexity index is 422. The summed E-state index contributed by atoms with van der Waals surface area (Å²) >= 11 is 0. The third kappa shape index (κ3) is 3.37. The second-order valence-electron chi connectivity index (χ2n) is 3.04. The monoisotopic (exact) mass is 233 g/mol. The summed E-state index contributed by atoms with van der Waals surface area (Å²) in [4.78, 5) is 10.3. The first-order valence-electron chi connectivity index (χ1n) is 4.08. The third-order valence-electron chi connectivity index (χ3n) is 1.77. The normalized spacial score (nSPS) is 11.9. The van der Waals surface area contributed by atoms with Crippen molar-refractivity contribution in [2.45, 2.75) is 6.54 Å². The molecule has 1 aromatic rings. The first kappa shape index (κ1) is 11.7. The zero-order valence-corrected chi connectivity index (χ0v) is 8.90. The fourth-order valence-electron chi connectivity index (χ4n) is 1.00. The van der Waals surface area contributed by atoms with Gasteiger partial charge in [-0.05, 0) is 6.07 Å². The molecule has 0 aliphatic carbocycles. The van der Waals surface area contributed by atoms with E-state index in [-0.39, 0.29) is 6.54 Å². The van der Waals surface area contributed by atoms with Crippen molar-refractivity contribution in [2.24, 2.45) is 0 Å². The molecule has 0 unspecified atom stereocenters. The molecule has 0 saturated heterocycles. The Balaban J connectivity index is 2.68. The molecule has 1 heterocycles.